The Hall–Kier alpha value is -4.08. The summed E-state index contributed by atoms with van der Waals surface area (Å²) in [6.45, 7) is 2.07. The first kappa shape index (κ1) is 24.6. The monoisotopic (exact) mass is 501 g/mol. The second-order valence-corrected chi connectivity index (χ2v) is 8.87. The van der Waals surface area contributed by atoms with Gasteiger partial charge < -0.3 is 18.5 Å². The van der Waals surface area contributed by atoms with Gasteiger partial charge in [0, 0.05) is 32.8 Å². The molecule has 3 aromatic carbocycles. The number of halogens is 1. The molecule has 0 atom stereocenters. The van der Waals surface area contributed by atoms with E-state index in [-0.39, 0.29) is 11.5 Å². The predicted molar refractivity (Wildman–Crippen MR) is 140 cm³/mol. The number of methoxy groups -OCH3 is 2. The average molecular weight is 502 g/mol. The second kappa shape index (κ2) is 10.5. The molecule has 2 aromatic heterocycles. The number of aryl methyl sites for hydroxylation is 1. The molecule has 5 rings (SSSR count). The Bertz CT molecular complexity index is 1530. The Balaban J connectivity index is 1.69. The predicted octanol–water partition coefficient (Wildman–Crippen LogP) is 5.18. The standard InChI is InChI=1S/C28H28FN5O3/c1-33(12-13-35-3)16-18-14-22-26(23(15-18)36-4)37-28(31-22)25-21(29)11-10-20(19-8-6-5-7-9-19)24(25)27-32-30-17-34(27)2/h5-11,14-15,17H,12-13,16H2,1-4H3. The molecule has 0 bridgehead atoms. The number of hydrogen-bond acceptors (Lipinski definition) is 7. The first-order chi connectivity index (χ1) is 18.0. The Kier molecular flexibility index (Phi) is 6.98. The van der Waals surface area contributed by atoms with E-state index in [0.29, 0.717) is 41.4 Å². The van der Waals surface area contributed by atoms with Gasteiger partial charge in [0.2, 0.25) is 5.89 Å². The zero-order valence-corrected chi connectivity index (χ0v) is 21.2. The highest BCUT2D eigenvalue weighted by Gasteiger charge is 2.26. The van der Waals surface area contributed by atoms with Crippen LogP contribution in [0.15, 0.2) is 65.3 Å². The maximum absolute atomic E-state index is 15.6. The molecule has 0 saturated heterocycles. The van der Waals surface area contributed by atoms with Gasteiger partial charge in [-0.1, -0.05) is 36.4 Å². The third-order valence-electron chi connectivity index (χ3n) is 6.25. The van der Waals surface area contributed by atoms with E-state index in [4.69, 9.17) is 18.9 Å². The van der Waals surface area contributed by atoms with Crippen molar-refractivity contribution in [3.05, 3.63) is 72.3 Å². The van der Waals surface area contributed by atoms with Crippen LogP contribution in [0.4, 0.5) is 4.39 Å². The van der Waals surface area contributed by atoms with Crippen LogP contribution < -0.4 is 4.74 Å². The number of benzene rings is 3. The quantitative estimate of drug-likeness (QED) is 0.275. The van der Waals surface area contributed by atoms with Crippen LogP contribution in [-0.4, -0.2) is 59.1 Å². The third kappa shape index (κ3) is 4.83. The van der Waals surface area contributed by atoms with Crippen LogP contribution in [0.2, 0.25) is 0 Å². The normalized spacial score (nSPS) is 11.5. The highest BCUT2D eigenvalue weighted by Crippen LogP contribution is 2.42. The first-order valence-electron chi connectivity index (χ1n) is 11.9. The smallest absolute Gasteiger partial charge is 0.231 e. The van der Waals surface area contributed by atoms with Crippen molar-refractivity contribution in [2.75, 3.05) is 34.4 Å². The number of nitrogens with zero attached hydrogens (tertiary/aromatic N) is 5. The summed E-state index contributed by atoms with van der Waals surface area (Å²) in [6.07, 6.45) is 1.58. The van der Waals surface area contributed by atoms with E-state index in [2.05, 4.69) is 15.1 Å². The molecule has 37 heavy (non-hydrogen) atoms. The van der Waals surface area contributed by atoms with Crippen molar-refractivity contribution in [2.45, 2.75) is 6.54 Å². The Morgan fingerprint density at radius 1 is 1.05 bits per heavy atom. The molecule has 9 heteroatoms. The zero-order valence-electron chi connectivity index (χ0n) is 21.2. The lowest BCUT2D eigenvalue weighted by molar-refractivity contribution is 0.158. The maximum Gasteiger partial charge on any atom is 0.231 e. The van der Waals surface area contributed by atoms with Crippen LogP contribution in [0.3, 0.4) is 0 Å². The van der Waals surface area contributed by atoms with Crippen molar-refractivity contribution >= 4 is 11.1 Å². The molecule has 0 spiro atoms. The fourth-order valence-electron chi connectivity index (χ4n) is 4.43. The number of fused-ring (bicyclic) bond motifs is 1. The zero-order chi connectivity index (χ0) is 25.9. The van der Waals surface area contributed by atoms with E-state index in [0.717, 1.165) is 23.2 Å². The van der Waals surface area contributed by atoms with Gasteiger partial charge in [-0.2, -0.15) is 0 Å². The van der Waals surface area contributed by atoms with Crippen molar-refractivity contribution in [2.24, 2.45) is 7.05 Å². The lowest BCUT2D eigenvalue weighted by Crippen LogP contribution is -2.22. The summed E-state index contributed by atoms with van der Waals surface area (Å²) in [5.74, 6) is 0.712. The van der Waals surface area contributed by atoms with Gasteiger partial charge in [-0.3, -0.25) is 4.90 Å². The molecule has 0 aliphatic heterocycles. The van der Waals surface area contributed by atoms with E-state index in [1.165, 1.54) is 6.07 Å². The van der Waals surface area contributed by atoms with Gasteiger partial charge in [0.05, 0.1) is 19.3 Å². The molecule has 5 aromatic rings. The fraction of sp³-hybridized carbons (Fsp3) is 0.250. The van der Waals surface area contributed by atoms with Crippen molar-refractivity contribution in [1.29, 1.82) is 0 Å². The topological polar surface area (TPSA) is 78.4 Å². The van der Waals surface area contributed by atoms with Crippen molar-refractivity contribution in [3.8, 4) is 39.7 Å². The van der Waals surface area contributed by atoms with Gasteiger partial charge in [-0.15, -0.1) is 10.2 Å². The Labute approximate surface area is 214 Å². The summed E-state index contributed by atoms with van der Waals surface area (Å²) >= 11 is 0. The van der Waals surface area contributed by atoms with Gasteiger partial charge in [-0.25, -0.2) is 9.37 Å². The minimum absolute atomic E-state index is 0.145. The third-order valence-corrected chi connectivity index (χ3v) is 6.25. The summed E-state index contributed by atoms with van der Waals surface area (Å²) < 4.78 is 34.4. The lowest BCUT2D eigenvalue weighted by Gasteiger charge is -2.16. The summed E-state index contributed by atoms with van der Waals surface area (Å²) in [6, 6.07) is 16.8. The molecule has 190 valence electrons. The second-order valence-electron chi connectivity index (χ2n) is 8.87. The summed E-state index contributed by atoms with van der Waals surface area (Å²) in [5, 5.41) is 8.33. The van der Waals surface area contributed by atoms with Crippen LogP contribution in [0.25, 0.3) is 45.1 Å². The highest BCUT2D eigenvalue weighted by atomic mass is 19.1. The molecule has 8 nitrogen and oxygen atoms in total. The van der Waals surface area contributed by atoms with Gasteiger partial charge in [0.15, 0.2) is 17.2 Å². The van der Waals surface area contributed by atoms with E-state index in [1.54, 1.807) is 31.2 Å². The molecule has 0 fully saturated rings. The number of likely N-dealkylation sites (N-methyl/N-ethyl adjacent to an activating group) is 1. The molecule has 0 saturated carbocycles. The summed E-state index contributed by atoms with van der Waals surface area (Å²) in [5.41, 5.74) is 4.51. The minimum atomic E-state index is -0.470. The summed E-state index contributed by atoms with van der Waals surface area (Å²) in [4.78, 5) is 6.87. The van der Waals surface area contributed by atoms with Gasteiger partial charge >= 0.3 is 0 Å². The molecule has 0 amide bonds. The minimum Gasteiger partial charge on any atom is -0.493 e. The first-order valence-corrected chi connectivity index (χ1v) is 11.9. The number of rotatable bonds is 9. The molecule has 2 heterocycles. The van der Waals surface area contributed by atoms with E-state index in [9.17, 15) is 0 Å². The van der Waals surface area contributed by atoms with Crippen LogP contribution >= 0.6 is 0 Å². The Morgan fingerprint density at radius 3 is 2.57 bits per heavy atom. The molecule has 0 radical (unpaired) electrons. The molecular weight excluding hydrogens is 473 g/mol. The highest BCUT2D eigenvalue weighted by molar-refractivity contribution is 5.92. The fourth-order valence-corrected chi connectivity index (χ4v) is 4.43. The van der Waals surface area contributed by atoms with Crippen molar-refractivity contribution < 1.29 is 18.3 Å². The van der Waals surface area contributed by atoms with Gasteiger partial charge in [0.1, 0.15) is 17.7 Å². The van der Waals surface area contributed by atoms with Crippen molar-refractivity contribution in [3.63, 3.8) is 0 Å². The average Bonchev–Trinajstić information content (AvgIpc) is 3.53. The van der Waals surface area contributed by atoms with E-state index >= 15 is 4.39 Å². The molecule has 0 aliphatic carbocycles. The lowest BCUT2D eigenvalue weighted by atomic mass is 9.94. The number of aromatic nitrogens is 4. The van der Waals surface area contributed by atoms with Crippen molar-refractivity contribution in [1.82, 2.24) is 24.6 Å². The van der Waals surface area contributed by atoms with Crippen LogP contribution in [-0.2, 0) is 18.3 Å². The SMILES string of the molecule is COCCN(C)Cc1cc(OC)c2oc(-c3c(F)ccc(-c4ccccc4)c3-c3nncn3C)nc2c1. The van der Waals surface area contributed by atoms with Crippen LogP contribution in [0.5, 0.6) is 5.75 Å². The molecule has 0 unspecified atom stereocenters. The molecule has 0 N–H and O–H groups in total. The Morgan fingerprint density at radius 2 is 1.86 bits per heavy atom. The van der Waals surface area contributed by atoms with Crippen LogP contribution in [0, 0.1) is 5.82 Å². The van der Waals surface area contributed by atoms with Gasteiger partial charge in [0.25, 0.3) is 0 Å². The largest absolute Gasteiger partial charge is 0.493 e. The van der Waals surface area contributed by atoms with E-state index in [1.807, 2.05) is 56.6 Å². The molecule has 0 aliphatic rings. The number of ether oxygens (including phenoxy) is 2. The number of hydrogen-bond donors (Lipinski definition) is 0. The van der Waals surface area contributed by atoms with Gasteiger partial charge in [-0.05, 0) is 41.9 Å². The number of oxazole rings is 1. The molecular formula is C28H28FN5O3. The van der Waals surface area contributed by atoms with E-state index < -0.39 is 5.82 Å². The maximum atomic E-state index is 15.6. The summed E-state index contributed by atoms with van der Waals surface area (Å²) in [7, 11) is 7.10. The van der Waals surface area contributed by atoms with Crippen LogP contribution in [0.1, 0.15) is 5.56 Å².